The highest BCUT2D eigenvalue weighted by Crippen LogP contribution is 2.37. The van der Waals surface area contributed by atoms with Gasteiger partial charge < -0.3 is 14.0 Å². The van der Waals surface area contributed by atoms with Crippen molar-refractivity contribution in [3.05, 3.63) is 84.4 Å². The minimum Gasteiger partial charge on any atom is -0.488 e. The maximum absolute atomic E-state index is 6.16. The van der Waals surface area contributed by atoms with Gasteiger partial charge in [0.2, 0.25) is 0 Å². The maximum Gasteiger partial charge on any atom is 0.494 e. The Kier molecular flexibility index (Phi) is 5.24. The molecule has 3 aromatic carbocycles. The highest BCUT2D eigenvalue weighted by molar-refractivity contribution is 6.62. The van der Waals surface area contributed by atoms with Gasteiger partial charge in [-0.1, -0.05) is 72.8 Å². The Morgan fingerprint density at radius 2 is 1.31 bits per heavy atom. The van der Waals surface area contributed by atoms with Crippen LogP contribution in [0.3, 0.4) is 0 Å². The highest BCUT2D eigenvalue weighted by atomic mass is 16.7. The molecule has 1 aliphatic heterocycles. The molecule has 4 rings (SSSR count). The van der Waals surface area contributed by atoms with Crippen LogP contribution in [0.2, 0.25) is 0 Å². The summed E-state index contributed by atoms with van der Waals surface area (Å²) in [5, 5.41) is 0. The van der Waals surface area contributed by atoms with E-state index in [0.717, 1.165) is 27.9 Å². The van der Waals surface area contributed by atoms with Gasteiger partial charge in [-0.05, 0) is 50.4 Å². The monoisotopic (exact) mass is 386 g/mol. The van der Waals surface area contributed by atoms with E-state index in [1.807, 2.05) is 36.4 Å². The Morgan fingerprint density at radius 3 is 1.97 bits per heavy atom. The molecule has 0 N–H and O–H groups in total. The van der Waals surface area contributed by atoms with Crippen molar-refractivity contribution in [2.24, 2.45) is 0 Å². The fourth-order valence-electron chi connectivity index (χ4n) is 3.37. The van der Waals surface area contributed by atoms with Gasteiger partial charge in [0.25, 0.3) is 0 Å². The topological polar surface area (TPSA) is 27.7 Å². The summed E-state index contributed by atoms with van der Waals surface area (Å²) in [6, 6.07) is 26.7. The number of hydrogen-bond donors (Lipinski definition) is 0. The van der Waals surface area contributed by atoms with Crippen LogP contribution >= 0.6 is 0 Å². The first kappa shape index (κ1) is 19.7. The van der Waals surface area contributed by atoms with Crippen molar-refractivity contribution in [2.45, 2.75) is 45.5 Å². The molecule has 1 heterocycles. The van der Waals surface area contributed by atoms with Gasteiger partial charge in [-0.15, -0.1) is 0 Å². The predicted molar refractivity (Wildman–Crippen MR) is 118 cm³/mol. The van der Waals surface area contributed by atoms with Crippen molar-refractivity contribution in [3.63, 3.8) is 0 Å². The molecule has 0 aromatic heterocycles. The van der Waals surface area contributed by atoms with Gasteiger partial charge in [-0.2, -0.15) is 0 Å². The summed E-state index contributed by atoms with van der Waals surface area (Å²) in [5.74, 6) is 0.875. The van der Waals surface area contributed by atoms with E-state index < -0.39 is 0 Å². The second-order valence-corrected chi connectivity index (χ2v) is 8.48. The van der Waals surface area contributed by atoms with Crippen molar-refractivity contribution in [3.8, 4) is 16.9 Å². The Labute approximate surface area is 173 Å². The van der Waals surface area contributed by atoms with Crippen LogP contribution in [0.1, 0.15) is 33.3 Å². The number of para-hydroxylation sites is 1. The lowest BCUT2D eigenvalue weighted by atomic mass is 9.78. The van der Waals surface area contributed by atoms with Crippen LogP contribution in [0, 0.1) is 0 Å². The molecule has 3 nitrogen and oxygen atoms in total. The van der Waals surface area contributed by atoms with Gasteiger partial charge in [0.15, 0.2) is 0 Å². The summed E-state index contributed by atoms with van der Waals surface area (Å²) in [7, 11) is -0.348. The fourth-order valence-corrected chi connectivity index (χ4v) is 3.37. The largest absolute Gasteiger partial charge is 0.494 e. The minimum atomic E-state index is -0.348. The lowest BCUT2D eigenvalue weighted by Gasteiger charge is -2.32. The third kappa shape index (κ3) is 4.09. The molecule has 1 saturated heterocycles. The molecule has 0 saturated carbocycles. The second kappa shape index (κ2) is 7.70. The summed E-state index contributed by atoms with van der Waals surface area (Å²) >= 11 is 0. The van der Waals surface area contributed by atoms with Crippen molar-refractivity contribution in [2.75, 3.05) is 0 Å². The Morgan fingerprint density at radius 1 is 0.724 bits per heavy atom. The van der Waals surface area contributed by atoms with E-state index in [2.05, 4.69) is 70.2 Å². The van der Waals surface area contributed by atoms with E-state index >= 15 is 0 Å². The molecule has 4 heteroatoms. The molecule has 1 fully saturated rings. The zero-order valence-electron chi connectivity index (χ0n) is 17.5. The summed E-state index contributed by atoms with van der Waals surface area (Å²) in [4.78, 5) is 0. The van der Waals surface area contributed by atoms with Crippen LogP contribution in [0.15, 0.2) is 78.9 Å². The van der Waals surface area contributed by atoms with Gasteiger partial charge in [-0.3, -0.25) is 0 Å². The molecule has 0 bridgehead atoms. The summed E-state index contributed by atoms with van der Waals surface area (Å²) < 4.78 is 18.4. The first-order valence-corrected chi connectivity index (χ1v) is 10.1. The van der Waals surface area contributed by atoms with Gasteiger partial charge in [0.1, 0.15) is 12.4 Å². The second-order valence-electron chi connectivity index (χ2n) is 8.48. The quantitative estimate of drug-likeness (QED) is 0.562. The van der Waals surface area contributed by atoms with E-state index in [1.54, 1.807) is 0 Å². The lowest BCUT2D eigenvalue weighted by molar-refractivity contribution is 0.00578. The van der Waals surface area contributed by atoms with E-state index in [0.29, 0.717) is 6.61 Å². The van der Waals surface area contributed by atoms with Crippen molar-refractivity contribution in [1.82, 2.24) is 0 Å². The molecular weight excluding hydrogens is 359 g/mol. The molecular formula is C25H27BO3. The van der Waals surface area contributed by atoms with Crippen molar-refractivity contribution in [1.29, 1.82) is 0 Å². The third-order valence-corrected chi connectivity index (χ3v) is 5.87. The Balaban J connectivity index is 1.53. The van der Waals surface area contributed by atoms with E-state index in [4.69, 9.17) is 14.0 Å². The average molecular weight is 386 g/mol. The normalized spacial score (nSPS) is 17.3. The summed E-state index contributed by atoms with van der Waals surface area (Å²) in [6.45, 7) is 8.83. The number of rotatable bonds is 5. The van der Waals surface area contributed by atoms with Gasteiger partial charge in [-0.25, -0.2) is 0 Å². The molecule has 1 aliphatic rings. The van der Waals surface area contributed by atoms with Gasteiger partial charge in [0.05, 0.1) is 11.2 Å². The Bertz CT molecular complexity index is 949. The SMILES string of the molecule is CC1(C)OB(c2ccc(-c3ccccc3OCc3ccccc3)cc2)OC1(C)C. The number of benzene rings is 3. The van der Waals surface area contributed by atoms with Crippen LogP contribution in [-0.4, -0.2) is 18.3 Å². The molecule has 0 radical (unpaired) electrons. The predicted octanol–water partition coefficient (Wildman–Crippen LogP) is 5.23. The van der Waals surface area contributed by atoms with E-state index in [9.17, 15) is 0 Å². The standard InChI is InChI=1S/C25H27BO3/c1-24(2)25(3,4)29-26(28-24)21-16-14-20(15-17-21)22-12-8-9-13-23(22)27-18-19-10-6-5-7-11-19/h5-17H,18H2,1-4H3. The lowest BCUT2D eigenvalue weighted by Crippen LogP contribution is -2.41. The molecule has 0 amide bonds. The van der Waals surface area contributed by atoms with Gasteiger partial charge >= 0.3 is 7.12 Å². The van der Waals surface area contributed by atoms with Crippen LogP contribution in [-0.2, 0) is 15.9 Å². The number of ether oxygens (including phenoxy) is 1. The van der Waals surface area contributed by atoms with Gasteiger partial charge in [0, 0.05) is 5.56 Å². The summed E-state index contributed by atoms with van der Waals surface area (Å²) in [6.07, 6.45) is 0. The third-order valence-electron chi connectivity index (χ3n) is 5.87. The molecule has 29 heavy (non-hydrogen) atoms. The first-order chi connectivity index (χ1) is 13.9. The maximum atomic E-state index is 6.16. The average Bonchev–Trinajstić information content (AvgIpc) is 2.95. The molecule has 0 spiro atoms. The summed E-state index contributed by atoms with van der Waals surface area (Å²) in [5.41, 5.74) is 3.67. The Hall–Kier alpha value is -2.56. The van der Waals surface area contributed by atoms with Crippen molar-refractivity contribution < 1.29 is 14.0 Å². The van der Waals surface area contributed by atoms with E-state index in [-0.39, 0.29) is 18.3 Å². The van der Waals surface area contributed by atoms with Crippen LogP contribution < -0.4 is 10.2 Å². The first-order valence-electron chi connectivity index (χ1n) is 10.1. The van der Waals surface area contributed by atoms with Crippen LogP contribution in [0.5, 0.6) is 5.75 Å². The van der Waals surface area contributed by atoms with Crippen LogP contribution in [0.4, 0.5) is 0 Å². The smallest absolute Gasteiger partial charge is 0.488 e. The minimum absolute atomic E-state index is 0.339. The van der Waals surface area contributed by atoms with E-state index in [1.165, 1.54) is 0 Å². The molecule has 148 valence electrons. The molecule has 0 aliphatic carbocycles. The van der Waals surface area contributed by atoms with Crippen molar-refractivity contribution >= 4 is 12.6 Å². The zero-order chi connectivity index (χ0) is 20.5. The molecule has 0 atom stereocenters. The number of hydrogen-bond acceptors (Lipinski definition) is 3. The molecule has 0 unspecified atom stereocenters. The van der Waals surface area contributed by atoms with Crippen LogP contribution in [0.25, 0.3) is 11.1 Å². The fraction of sp³-hybridized carbons (Fsp3) is 0.280. The zero-order valence-corrected chi connectivity index (χ0v) is 17.5. The molecule has 3 aromatic rings. The highest BCUT2D eigenvalue weighted by Gasteiger charge is 2.51.